The highest BCUT2D eigenvalue weighted by molar-refractivity contribution is 7.16. The largest absolute Gasteiger partial charge is 0.444 e. The molecule has 0 N–H and O–H groups in total. The van der Waals surface area contributed by atoms with E-state index < -0.39 is 13.9 Å². The lowest BCUT2D eigenvalue weighted by Gasteiger charge is -2.39. The highest BCUT2D eigenvalue weighted by Crippen LogP contribution is 2.43. The maximum absolute atomic E-state index is 12.8. The average Bonchev–Trinajstić information content (AvgIpc) is 3.15. The van der Waals surface area contributed by atoms with Gasteiger partial charge in [-0.05, 0) is 55.9 Å². The van der Waals surface area contributed by atoms with E-state index in [9.17, 15) is 4.79 Å². The van der Waals surface area contributed by atoms with Crippen LogP contribution in [-0.4, -0.2) is 49.1 Å². The van der Waals surface area contributed by atoms with E-state index in [1.54, 1.807) is 11.3 Å². The third-order valence-electron chi connectivity index (χ3n) is 5.95. The smallest absolute Gasteiger partial charge is 0.410 e. The van der Waals surface area contributed by atoms with Crippen molar-refractivity contribution in [2.45, 2.75) is 77.3 Å². The number of carbonyl (C=O) groups is 1. The maximum atomic E-state index is 12.8. The Morgan fingerprint density at radius 3 is 2.52 bits per heavy atom. The second kappa shape index (κ2) is 7.67. The third kappa shape index (κ3) is 4.83. The molecule has 2 aromatic heterocycles. The van der Waals surface area contributed by atoms with Gasteiger partial charge in [-0.15, -0.1) is 11.3 Å². The van der Waals surface area contributed by atoms with E-state index in [1.807, 2.05) is 37.9 Å². The Bertz CT molecular complexity index is 882. The molecule has 0 aromatic carbocycles. The van der Waals surface area contributed by atoms with Gasteiger partial charge in [-0.2, -0.15) is 0 Å². The molecule has 0 saturated carbocycles. The first kappa shape index (κ1) is 22.2. The van der Waals surface area contributed by atoms with Gasteiger partial charge < -0.3 is 14.1 Å². The minimum Gasteiger partial charge on any atom is -0.444 e. The van der Waals surface area contributed by atoms with E-state index in [2.05, 4.69) is 50.3 Å². The number of carbonyl (C=O) groups excluding carboxylic acids is 1. The molecule has 1 amide bonds. The van der Waals surface area contributed by atoms with Crippen LogP contribution in [0.25, 0.3) is 10.2 Å². The van der Waals surface area contributed by atoms with Gasteiger partial charge in [0.1, 0.15) is 10.4 Å². The van der Waals surface area contributed by atoms with Crippen LogP contribution in [0.15, 0.2) is 23.7 Å². The highest BCUT2D eigenvalue weighted by atomic mass is 32.1. The van der Waals surface area contributed by atoms with E-state index in [0.29, 0.717) is 13.1 Å². The van der Waals surface area contributed by atoms with Gasteiger partial charge in [0.2, 0.25) is 0 Å². The molecule has 160 valence electrons. The zero-order valence-electron chi connectivity index (χ0n) is 18.9. The van der Waals surface area contributed by atoms with E-state index in [1.165, 1.54) is 5.56 Å². The molecule has 2 atom stereocenters. The van der Waals surface area contributed by atoms with Gasteiger partial charge in [-0.1, -0.05) is 26.8 Å². The summed E-state index contributed by atoms with van der Waals surface area (Å²) in [6.07, 6.45) is 1.52. The van der Waals surface area contributed by atoms with E-state index in [4.69, 9.17) is 9.16 Å². The molecule has 2 aromatic rings. The molecule has 29 heavy (non-hydrogen) atoms. The Morgan fingerprint density at radius 2 is 1.90 bits per heavy atom. The molecular formula is C22H34N2O3SSi. The summed E-state index contributed by atoms with van der Waals surface area (Å²) in [5.74, 6) is 0.120. The molecular weight excluding hydrogens is 400 g/mol. The van der Waals surface area contributed by atoms with E-state index >= 15 is 0 Å². The quantitative estimate of drug-likeness (QED) is 0.554. The zero-order valence-corrected chi connectivity index (χ0v) is 20.7. The molecule has 3 rings (SSSR count). The summed E-state index contributed by atoms with van der Waals surface area (Å²) in [6.45, 7) is 18.2. The predicted molar refractivity (Wildman–Crippen MR) is 122 cm³/mol. The molecule has 0 radical (unpaired) electrons. The van der Waals surface area contributed by atoms with Crippen molar-refractivity contribution in [2.24, 2.45) is 0 Å². The van der Waals surface area contributed by atoms with E-state index in [0.717, 1.165) is 10.2 Å². The van der Waals surface area contributed by atoms with Gasteiger partial charge in [0.05, 0.1) is 6.10 Å². The lowest BCUT2D eigenvalue weighted by Crippen LogP contribution is -2.46. The van der Waals surface area contributed by atoms with Crippen LogP contribution < -0.4 is 0 Å². The van der Waals surface area contributed by atoms with Crippen LogP contribution in [0.1, 0.15) is 53.0 Å². The van der Waals surface area contributed by atoms with Crippen molar-refractivity contribution < 1.29 is 14.0 Å². The summed E-state index contributed by atoms with van der Waals surface area (Å²) in [5, 5.41) is 3.45. The van der Waals surface area contributed by atoms with Crippen molar-refractivity contribution in [3.63, 3.8) is 0 Å². The van der Waals surface area contributed by atoms with Crippen molar-refractivity contribution >= 4 is 36.0 Å². The van der Waals surface area contributed by atoms with Crippen LogP contribution in [-0.2, 0) is 9.16 Å². The lowest BCUT2D eigenvalue weighted by atomic mass is 9.96. The second-order valence-corrected chi connectivity index (χ2v) is 16.1. The Labute approximate surface area is 179 Å². The average molecular weight is 435 g/mol. The van der Waals surface area contributed by atoms with Gasteiger partial charge in [0.25, 0.3) is 0 Å². The summed E-state index contributed by atoms with van der Waals surface area (Å²) in [5.41, 5.74) is 0.720. The Morgan fingerprint density at radius 1 is 1.21 bits per heavy atom. The van der Waals surface area contributed by atoms with E-state index in [-0.39, 0.29) is 23.2 Å². The zero-order chi connectivity index (χ0) is 21.6. The standard InChI is InChI=1S/C22H34N2O3SSi/c1-21(2,3)26-20(25)24-12-16(17-14-28-19-15(17)10-9-11-23-19)18(13-24)27-29(7,8)22(4,5)6/h9-11,14,16,18H,12-13H2,1-8H3. The number of aromatic nitrogens is 1. The molecule has 1 aliphatic heterocycles. The normalized spacial score (nSPS) is 21.0. The SMILES string of the molecule is CC(C)(C)OC(=O)N1CC(O[Si](C)(C)C(C)(C)C)C(c2csc3ncccc23)C1. The summed E-state index contributed by atoms with van der Waals surface area (Å²) in [6, 6.07) is 4.09. The fourth-order valence-electron chi connectivity index (χ4n) is 3.40. The van der Waals surface area contributed by atoms with Crippen LogP contribution in [0.4, 0.5) is 4.79 Å². The van der Waals surface area contributed by atoms with Crippen molar-refractivity contribution in [1.82, 2.24) is 9.88 Å². The van der Waals surface area contributed by atoms with Crippen LogP contribution in [0.5, 0.6) is 0 Å². The number of nitrogens with zero attached hydrogens (tertiary/aromatic N) is 2. The number of likely N-dealkylation sites (tertiary alicyclic amines) is 1. The molecule has 1 aliphatic rings. The fourth-order valence-corrected chi connectivity index (χ4v) is 5.72. The number of ether oxygens (including phenoxy) is 1. The van der Waals surface area contributed by atoms with Gasteiger partial charge in [0, 0.05) is 30.6 Å². The number of pyridine rings is 1. The fraction of sp³-hybridized carbons (Fsp3) is 0.636. The molecule has 2 unspecified atom stereocenters. The summed E-state index contributed by atoms with van der Waals surface area (Å²) in [7, 11) is -1.99. The number of fused-ring (bicyclic) bond motifs is 1. The Balaban J connectivity index is 1.93. The Hall–Kier alpha value is -1.44. The molecule has 0 spiro atoms. The third-order valence-corrected chi connectivity index (χ3v) is 11.4. The van der Waals surface area contributed by atoms with Crippen molar-refractivity contribution in [1.29, 1.82) is 0 Å². The molecule has 0 bridgehead atoms. The van der Waals surface area contributed by atoms with Gasteiger partial charge in [0.15, 0.2) is 8.32 Å². The second-order valence-electron chi connectivity index (χ2n) is 10.5. The first-order valence-corrected chi connectivity index (χ1v) is 14.1. The topological polar surface area (TPSA) is 51.7 Å². The molecule has 7 heteroatoms. The van der Waals surface area contributed by atoms with Crippen molar-refractivity contribution in [3.05, 3.63) is 29.3 Å². The highest BCUT2D eigenvalue weighted by Gasteiger charge is 2.46. The van der Waals surface area contributed by atoms with Crippen LogP contribution in [0, 0.1) is 0 Å². The van der Waals surface area contributed by atoms with Gasteiger partial charge in [-0.25, -0.2) is 9.78 Å². The molecule has 3 heterocycles. The minimum atomic E-state index is -1.99. The first-order chi connectivity index (χ1) is 13.3. The van der Waals surface area contributed by atoms with Crippen molar-refractivity contribution in [2.75, 3.05) is 13.1 Å². The summed E-state index contributed by atoms with van der Waals surface area (Å²) in [4.78, 5) is 20.1. The van der Waals surface area contributed by atoms with Crippen LogP contribution in [0.2, 0.25) is 18.1 Å². The number of rotatable bonds is 3. The minimum absolute atomic E-state index is 0.0404. The van der Waals surface area contributed by atoms with Gasteiger partial charge >= 0.3 is 6.09 Å². The molecule has 1 saturated heterocycles. The van der Waals surface area contributed by atoms with Crippen LogP contribution >= 0.6 is 11.3 Å². The molecule has 0 aliphatic carbocycles. The molecule has 5 nitrogen and oxygen atoms in total. The summed E-state index contributed by atoms with van der Waals surface area (Å²) < 4.78 is 12.5. The molecule has 1 fully saturated rings. The number of hydrogen-bond donors (Lipinski definition) is 0. The first-order valence-electron chi connectivity index (χ1n) is 10.3. The van der Waals surface area contributed by atoms with Crippen molar-refractivity contribution in [3.8, 4) is 0 Å². The Kier molecular flexibility index (Phi) is 5.88. The van der Waals surface area contributed by atoms with Crippen LogP contribution in [0.3, 0.4) is 0 Å². The van der Waals surface area contributed by atoms with Gasteiger partial charge in [-0.3, -0.25) is 0 Å². The maximum Gasteiger partial charge on any atom is 0.410 e. The number of amides is 1. The number of thiophene rings is 1. The number of hydrogen-bond acceptors (Lipinski definition) is 5. The lowest BCUT2D eigenvalue weighted by molar-refractivity contribution is 0.0272. The monoisotopic (exact) mass is 434 g/mol. The summed E-state index contributed by atoms with van der Waals surface area (Å²) >= 11 is 1.66. The predicted octanol–water partition coefficient (Wildman–Crippen LogP) is 6.02.